The molecule has 0 radical (unpaired) electrons. The molecule has 0 spiro atoms. The molecule has 0 saturated heterocycles. The molecule has 148 valence electrons. The summed E-state index contributed by atoms with van der Waals surface area (Å²) in [7, 11) is -3.70. The lowest BCUT2D eigenvalue weighted by Gasteiger charge is -2.10. The Morgan fingerprint density at radius 2 is 1.75 bits per heavy atom. The van der Waals surface area contributed by atoms with Crippen molar-refractivity contribution in [3.8, 4) is 0 Å². The van der Waals surface area contributed by atoms with Gasteiger partial charge in [-0.05, 0) is 42.5 Å². The highest BCUT2D eigenvalue weighted by Crippen LogP contribution is 2.20. The standard InChI is InChI=1S/C19H20BrN3O3S2/c20-14-4-6-15(7-5-14)27-13-12-21-10-11-23-28(25,26)18-3-1-2-17-16(18)8-9-22-19(17)24/h1-9,21,23H,10-13H2,(H,22,24). The van der Waals surface area contributed by atoms with Gasteiger partial charge in [0.1, 0.15) is 0 Å². The van der Waals surface area contributed by atoms with Gasteiger partial charge in [-0.2, -0.15) is 0 Å². The predicted octanol–water partition coefficient (Wildman–Crippen LogP) is 2.95. The van der Waals surface area contributed by atoms with Crippen molar-refractivity contribution in [2.45, 2.75) is 9.79 Å². The van der Waals surface area contributed by atoms with E-state index in [1.165, 1.54) is 17.2 Å². The third-order valence-electron chi connectivity index (χ3n) is 4.02. The van der Waals surface area contributed by atoms with Gasteiger partial charge in [0, 0.05) is 51.7 Å². The number of aromatic nitrogens is 1. The summed E-state index contributed by atoms with van der Waals surface area (Å²) in [5.41, 5.74) is -0.306. The Kier molecular flexibility index (Phi) is 7.30. The van der Waals surface area contributed by atoms with Crippen molar-refractivity contribution in [1.29, 1.82) is 0 Å². The average molecular weight is 482 g/mol. The summed E-state index contributed by atoms with van der Waals surface area (Å²) in [6.45, 7) is 1.56. The molecule has 9 heteroatoms. The second-order valence-electron chi connectivity index (χ2n) is 5.97. The zero-order valence-corrected chi connectivity index (χ0v) is 18.2. The van der Waals surface area contributed by atoms with Crippen LogP contribution in [-0.2, 0) is 10.0 Å². The molecule has 0 atom stereocenters. The summed E-state index contributed by atoms with van der Waals surface area (Å²) < 4.78 is 28.8. The van der Waals surface area contributed by atoms with Gasteiger partial charge in [0.05, 0.1) is 4.90 Å². The molecular formula is C19H20BrN3O3S2. The van der Waals surface area contributed by atoms with Gasteiger partial charge < -0.3 is 10.3 Å². The number of sulfonamides is 1. The quantitative estimate of drug-likeness (QED) is 0.322. The lowest BCUT2D eigenvalue weighted by atomic mass is 10.2. The van der Waals surface area contributed by atoms with Gasteiger partial charge in [-0.15, -0.1) is 11.8 Å². The Labute approximate surface area is 176 Å². The van der Waals surface area contributed by atoms with Crippen molar-refractivity contribution in [3.05, 3.63) is 69.6 Å². The van der Waals surface area contributed by atoms with E-state index < -0.39 is 10.0 Å². The van der Waals surface area contributed by atoms with Crippen molar-refractivity contribution in [1.82, 2.24) is 15.0 Å². The Morgan fingerprint density at radius 3 is 2.54 bits per heavy atom. The molecule has 0 aliphatic carbocycles. The zero-order chi connectivity index (χ0) is 20.0. The lowest BCUT2D eigenvalue weighted by Crippen LogP contribution is -2.32. The minimum atomic E-state index is -3.70. The monoisotopic (exact) mass is 481 g/mol. The van der Waals surface area contributed by atoms with Gasteiger partial charge in [-0.25, -0.2) is 13.1 Å². The lowest BCUT2D eigenvalue weighted by molar-refractivity contribution is 0.578. The van der Waals surface area contributed by atoms with Crippen LogP contribution in [0, 0.1) is 0 Å². The van der Waals surface area contributed by atoms with Crippen LogP contribution in [0.4, 0.5) is 0 Å². The third-order valence-corrected chi connectivity index (χ3v) is 7.08. The minimum absolute atomic E-state index is 0.113. The number of thioether (sulfide) groups is 1. The Hall–Kier alpha value is -1.65. The van der Waals surface area contributed by atoms with Crippen LogP contribution in [0.15, 0.2) is 73.8 Å². The highest BCUT2D eigenvalue weighted by molar-refractivity contribution is 9.10. The Balaban J connectivity index is 1.47. The maximum Gasteiger partial charge on any atom is 0.255 e. The topological polar surface area (TPSA) is 91.1 Å². The van der Waals surface area contributed by atoms with Crippen LogP contribution in [0.2, 0.25) is 0 Å². The molecule has 1 aromatic heterocycles. The average Bonchev–Trinajstić information content (AvgIpc) is 2.68. The summed E-state index contributed by atoms with van der Waals surface area (Å²) >= 11 is 5.15. The molecule has 3 N–H and O–H groups in total. The van der Waals surface area contributed by atoms with Crippen molar-refractivity contribution < 1.29 is 8.42 Å². The van der Waals surface area contributed by atoms with Gasteiger partial charge in [0.15, 0.2) is 0 Å². The molecule has 1 heterocycles. The number of halogens is 1. The smallest absolute Gasteiger partial charge is 0.255 e. The number of benzene rings is 2. The zero-order valence-electron chi connectivity index (χ0n) is 14.9. The SMILES string of the molecule is O=c1[nH]ccc2c(S(=O)(=O)NCCNCCSc3ccc(Br)cc3)cccc12. The molecule has 0 aliphatic heterocycles. The van der Waals surface area contributed by atoms with Gasteiger partial charge in [-0.1, -0.05) is 22.0 Å². The molecule has 6 nitrogen and oxygen atoms in total. The number of nitrogens with one attached hydrogen (secondary N) is 3. The molecular weight excluding hydrogens is 462 g/mol. The van der Waals surface area contributed by atoms with Gasteiger partial charge in [-0.3, -0.25) is 4.79 Å². The summed E-state index contributed by atoms with van der Waals surface area (Å²) in [6.07, 6.45) is 1.45. The largest absolute Gasteiger partial charge is 0.329 e. The number of hydrogen-bond donors (Lipinski definition) is 3. The molecule has 3 rings (SSSR count). The Morgan fingerprint density at radius 1 is 0.964 bits per heavy atom. The van der Waals surface area contributed by atoms with Crippen LogP contribution < -0.4 is 15.6 Å². The van der Waals surface area contributed by atoms with Crippen molar-refractivity contribution >= 4 is 48.5 Å². The molecule has 2 aromatic carbocycles. The maximum absolute atomic E-state index is 12.6. The molecule has 0 aliphatic rings. The number of rotatable bonds is 9. The first-order valence-electron chi connectivity index (χ1n) is 8.66. The number of aromatic amines is 1. The van der Waals surface area contributed by atoms with Crippen molar-refractivity contribution in [2.75, 3.05) is 25.4 Å². The number of H-pyrrole nitrogens is 1. The van der Waals surface area contributed by atoms with E-state index in [2.05, 4.69) is 43.1 Å². The molecule has 3 aromatic rings. The summed E-state index contributed by atoms with van der Waals surface area (Å²) in [6, 6.07) is 14.4. The number of hydrogen-bond acceptors (Lipinski definition) is 5. The number of fused-ring (bicyclic) bond motifs is 1. The molecule has 0 bridgehead atoms. The van der Waals surface area contributed by atoms with Crippen molar-refractivity contribution in [2.24, 2.45) is 0 Å². The fraction of sp³-hybridized carbons (Fsp3) is 0.211. The molecule has 28 heavy (non-hydrogen) atoms. The summed E-state index contributed by atoms with van der Waals surface area (Å²) in [5.74, 6) is 0.889. The predicted molar refractivity (Wildman–Crippen MR) is 117 cm³/mol. The van der Waals surface area contributed by atoms with Crippen LogP contribution in [0.25, 0.3) is 10.8 Å². The summed E-state index contributed by atoms with van der Waals surface area (Å²) in [5, 5.41) is 3.99. The van der Waals surface area contributed by atoms with E-state index >= 15 is 0 Å². The van der Waals surface area contributed by atoms with E-state index in [0.717, 1.165) is 16.8 Å². The Bertz CT molecular complexity index is 1100. The minimum Gasteiger partial charge on any atom is -0.329 e. The van der Waals surface area contributed by atoms with Crippen molar-refractivity contribution in [3.63, 3.8) is 0 Å². The number of pyridine rings is 1. The normalized spacial score (nSPS) is 11.8. The fourth-order valence-electron chi connectivity index (χ4n) is 2.68. The first kappa shape index (κ1) is 21.1. The van der Waals surface area contributed by atoms with Gasteiger partial charge in [0.25, 0.3) is 5.56 Å². The van der Waals surface area contributed by atoms with Gasteiger partial charge >= 0.3 is 0 Å². The highest BCUT2D eigenvalue weighted by atomic mass is 79.9. The van der Waals surface area contributed by atoms with Crippen LogP contribution in [0.3, 0.4) is 0 Å². The second kappa shape index (κ2) is 9.71. The van der Waals surface area contributed by atoms with E-state index in [9.17, 15) is 13.2 Å². The van der Waals surface area contributed by atoms with E-state index in [-0.39, 0.29) is 17.0 Å². The first-order chi connectivity index (χ1) is 13.5. The molecule has 0 amide bonds. The van der Waals surface area contributed by atoms with Gasteiger partial charge in [0.2, 0.25) is 10.0 Å². The van der Waals surface area contributed by atoms with E-state index in [4.69, 9.17) is 0 Å². The van der Waals surface area contributed by atoms with E-state index in [0.29, 0.717) is 17.3 Å². The van der Waals surface area contributed by atoms with Crippen LogP contribution in [-0.4, -0.2) is 38.8 Å². The molecule has 0 saturated carbocycles. The molecule has 0 unspecified atom stereocenters. The fourth-order valence-corrected chi connectivity index (χ4v) is 5.00. The van der Waals surface area contributed by atoms with Crippen LogP contribution in [0.5, 0.6) is 0 Å². The summed E-state index contributed by atoms with van der Waals surface area (Å²) in [4.78, 5) is 15.7. The second-order valence-corrected chi connectivity index (χ2v) is 9.79. The van der Waals surface area contributed by atoms with Crippen LogP contribution in [0.1, 0.15) is 0 Å². The van der Waals surface area contributed by atoms with Crippen LogP contribution >= 0.6 is 27.7 Å². The van der Waals surface area contributed by atoms with E-state index in [1.807, 2.05) is 12.1 Å². The van der Waals surface area contributed by atoms with E-state index in [1.54, 1.807) is 30.0 Å². The highest BCUT2D eigenvalue weighted by Gasteiger charge is 2.17. The first-order valence-corrected chi connectivity index (χ1v) is 11.9. The molecule has 0 fully saturated rings. The third kappa shape index (κ3) is 5.45. The maximum atomic E-state index is 12.6.